The minimum Gasteiger partial charge on any atom is -0.481 e. The number of carboxylic acid groups (broad SMARTS) is 1. The molecule has 1 amide bonds. The Morgan fingerprint density at radius 3 is 2.06 bits per heavy atom. The van der Waals surface area contributed by atoms with Crippen LogP contribution in [0.4, 0.5) is 13.2 Å². The van der Waals surface area contributed by atoms with Crippen LogP contribution in [0.1, 0.15) is 34.1 Å². The van der Waals surface area contributed by atoms with Gasteiger partial charge in [-0.1, -0.05) is 60.7 Å². The van der Waals surface area contributed by atoms with Gasteiger partial charge in [0.25, 0.3) is 5.91 Å². The van der Waals surface area contributed by atoms with Crippen LogP contribution in [0.2, 0.25) is 0 Å². The van der Waals surface area contributed by atoms with Crippen molar-refractivity contribution in [2.24, 2.45) is 0 Å². The first-order valence-electron chi connectivity index (χ1n) is 10.4. The zero-order valence-electron chi connectivity index (χ0n) is 17.7. The van der Waals surface area contributed by atoms with Crippen LogP contribution in [0.15, 0.2) is 85.1 Å². The number of hydrogen-bond acceptors (Lipinski definition) is 3. The lowest BCUT2D eigenvalue weighted by Crippen LogP contribution is -2.30. The van der Waals surface area contributed by atoms with E-state index >= 15 is 0 Å². The molecule has 3 aromatic carbocycles. The number of alkyl halides is 3. The number of nitrogens with one attached hydrogen (secondary N) is 1. The molecule has 0 radical (unpaired) electrons. The molecule has 0 aliphatic rings. The maximum atomic E-state index is 12.8. The second-order valence-electron chi connectivity index (χ2n) is 7.74. The molecule has 0 aliphatic carbocycles. The number of amides is 1. The summed E-state index contributed by atoms with van der Waals surface area (Å²) in [6.07, 6.45) is -3.18. The third-order valence-electron chi connectivity index (χ3n) is 5.41. The third-order valence-corrected chi connectivity index (χ3v) is 5.41. The van der Waals surface area contributed by atoms with Crippen molar-refractivity contribution in [2.45, 2.75) is 18.6 Å². The molecule has 4 rings (SSSR count). The summed E-state index contributed by atoms with van der Waals surface area (Å²) in [6.45, 7) is 0. The van der Waals surface area contributed by atoms with E-state index in [2.05, 4.69) is 10.3 Å². The van der Waals surface area contributed by atoms with Gasteiger partial charge in [0, 0.05) is 11.6 Å². The Hall–Kier alpha value is -4.20. The summed E-state index contributed by atoms with van der Waals surface area (Å²) in [6, 6.07) is 19.6. The summed E-state index contributed by atoms with van der Waals surface area (Å²) in [5, 5.41) is 13.8. The van der Waals surface area contributed by atoms with Crippen LogP contribution in [-0.2, 0) is 11.0 Å². The molecule has 0 fully saturated rings. The molecule has 4 aromatic rings. The van der Waals surface area contributed by atoms with Crippen molar-refractivity contribution < 1.29 is 27.9 Å². The van der Waals surface area contributed by atoms with Crippen LogP contribution in [0.25, 0.3) is 21.9 Å². The van der Waals surface area contributed by atoms with Gasteiger partial charge in [-0.25, -0.2) is 0 Å². The zero-order valence-corrected chi connectivity index (χ0v) is 17.7. The SMILES string of the molecule is O=C(O)CC(NC(=O)c1cc2ccccc2cn1)c1ccc(-c2ccc(C(F)(F)F)cc2)cc1. The molecule has 1 unspecified atom stereocenters. The van der Waals surface area contributed by atoms with Gasteiger partial charge in [-0.2, -0.15) is 13.2 Å². The second-order valence-corrected chi connectivity index (χ2v) is 7.74. The fraction of sp³-hybridized carbons (Fsp3) is 0.115. The van der Waals surface area contributed by atoms with Crippen molar-refractivity contribution in [3.8, 4) is 11.1 Å². The Balaban J connectivity index is 1.55. The van der Waals surface area contributed by atoms with Gasteiger partial charge in [0.1, 0.15) is 5.69 Å². The van der Waals surface area contributed by atoms with Gasteiger partial charge in [0.2, 0.25) is 0 Å². The van der Waals surface area contributed by atoms with Gasteiger partial charge in [-0.05, 0) is 40.3 Å². The lowest BCUT2D eigenvalue weighted by atomic mass is 9.98. The number of carboxylic acids is 1. The molecule has 1 atom stereocenters. The maximum Gasteiger partial charge on any atom is 0.416 e. The van der Waals surface area contributed by atoms with Crippen LogP contribution in [-0.4, -0.2) is 22.0 Å². The molecule has 0 saturated heterocycles. The normalized spacial score (nSPS) is 12.3. The predicted octanol–water partition coefficient (Wildman–Crippen LogP) is 5.87. The second kappa shape index (κ2) is 9.35. The first-order valence-corrected chi connectivity index (χ1v) is 10.4. The summed E-state index contributed by atoms with van der Waals surface area (Å²) in [5.41, 5.74) is 1.22. The van der Waals surface area contributed by atoms with E-state index in [4.69, 9.17) is 0 Å². The van der Waals surface area contributed by atoms with Crippen molar-refractivity contribution in [3.05, 3.63) is 102 Å². The Kier molecular flexibility index (Phi) is 6.32. The highest BCUT2D eigenvalue weighted by Gasteiger charge is 2.30. The molecular weight excluding hydrogens is 445 g/mol. The molecule has 0 saturated carbocycles. The van der Waals surface area contributed by atoms with Gasteiger partial charge >= 0.3 is 12.1 Å². The lowest BCUT2D eigenvalue weighted by Gasteiger charge is -2.18. The minimum absolute atomic E-state index is 0.162. The molecule has 8 heteroatoms. The number of aromatic nitrogens is 1. The van der Waals surface area contributed by atoms with Crippen LogP contribution >= 0.6 is 0 Å². The van der Waals surface area contributed by atoms with Crippen molar-refractivity contribution in [1.29, 1.82) is 0 Å². The number of rotatable bonds is 6. The van der Waals surface area contributed by atoms with Crippen molar-refractivity contribution >= 4 is 22.6 Å². The number of hydrogen-bond donors (Lipinski definition) is 2. The Morgan fingerprint density at radius 1 is 0.882 bits per heavy atom. The highest BCUT2D eigenvalue weighted by molar-refractivity contribution is 5.96. The molecule has 1 aromatic heterocycles. The number of pyridine rings is 1. The molecule has 2 N–H and O–H groups in total. The van der Waals surface area contributed by atoms with E-state index in [0.717, 1.165) is 22.9 Å². The highest BCUT2D eigenvalue weighted by Crippen LogP contribution is 2.31. The van der Waals surface area contributed by atoms with Gasteiger partial charge in [0.15, 0.2) is 0 Å². The van der Waals surface area contributed by atoms with Gasteiger partial charge < -0.3 is 10.4 Å². The first-order chi connectivity index (χ1) is 16.2. The number of carbonyl (C=O) groups excluding carboxylic acids is 1. The van der Waals surface area contributed by atoms with E-state index < -0.39 is 29.7 Å². The summed E-state index contributed by atoms with van der Waals surface area (Å²) in [7, 11) is 0. The van der Waals surface area contributed by atoms with E-state index in [1.165, 1.54) is 12.1 Å². The Labute approximate surface area is 192 Å². The largest absolute Gasteiger partial charge is 0.481 e. The van der Waals surface area contributed by atoms with E-state index in [0.29, 0.717) is 16.7 Å². The smallest absolute Gasteiger partial charge is 0.416 e. The van der Waals surface area contributed by atoms with E-state index in [1.54, 1.807) is 36.5 Å². The van der Waals surface area contributed by atoms with Crippen molar-refractivity contribution in [2.75, 3.05) is 0 Å². The third kappa shape index (κ3) is 5.23. The molecule has 0 aliphatic heterocycles. The number of nitrogens with zero attached hydrogens (tertiary/aromatic N) is 1. The molecule has 1 heterocycles. The standard InChI is InChI=1S/C26H19F3N2O3/c27-26(28,29)21-11-9-17(10-12-21)16-5-7-18(8-6-16)22(14-24(32)33)31-25(34)23-13-19-3-1-2-4-20(19)15-30-23/h1-13,15,22H,14H2,(H,31,34)(H,32,33). The van der Waals surface area contributed by atoms with E-state index in [-0.39, 0.29) is 12.1 Å². The predicted molar refractivity (Wildman–Crippen MR) is 121 cm³/mol. The fourth-order valence-corrected chi connectivity index (χ4v) is 3.63. The number of benzene rings is 3. The molecule has 5 nitrogen and oxygen atoms in total. The minimum atomic E-state index is -4.41. The average molecular weight is 464 g/mol. The number of fused-ring (bicyclic) bond motifs is 1. The quantitative estimate of drug-likeness (QED) is 0.374. The van der Waals surface area contributed by atoms with E-state index in [1.807, 2.05) is 24.3 Å². The highest BCUT2D eigenvalue weighted by atomic mass is 19.4. The van der Waals surface area contributed by atoms with Crippen LogP contribution in [0.3, 0.4) is 0 Å². The van der Waals surface area contributed by atoms with Gasteiger partial charge in [-0.3, -0.25) is 14.6 Å². The van der Waals surface area contributed by atoms with Crippen LogP contribution < -0.4 is 5.32 Å². The van der Waals surface area contributed by atoms with Gasteiger partial charge in [-0.15, -0.1) is 0 Å². The molecule has 0 bridgehead atoms. The molecule has 34 heavy (non-hydrogen) atoms. The summed E-state index contributed by atoms with van der Waals surface area (Å²) in [5.74, 6) is -1.60. The lowest BCUT2D eigenvalue weighted by molar-refractivity contribution is -0.138. The molecule has 0 spiro atoms. The van der Waals surface area contributed by atoms with Gasteiger partial charge in [0.05, 0.1) is 18.0 Å². The number of aliphatic carboxylic acids is 1. The summed E-state index contributed by atoms with van der Waals surface area (Å²) in [4.78, 5) is 28.4. The van der Waals surface area contributed by atoms with Crippen LogP contribution in [0, 0.1) is 0 Å². The van der Waals surface area contributed by atoms with Crippen LogP contribution in [0.5, 0.6) is 0 Å². The number of halogens is 3. The first kappa shape index (κ1) is 23.0. The average Bonchev–Trinajstić information content (AvgIpc) is 2.82. The van der Waals surface area contributed by atoms with E-state index in [9.17, 15) is 27.9 Å². The molecular formula is C26H19F3N2O3. The number of carbonyl (C=O) groups is 2. The monoisotopic (exact) mass is 464 g/mol. The Bertz CT molecular complexity index is 1330. The fourth-order valence-electron chi connectivity index (χ4n) is 3.63. The van der Waals surface area contributed by atoms with Crippen molar-refractivity contribution in [1.82, 2.24) is 10.3 Å². The van der Waals surface area contributed by atoms with Crippen molar-refractivity contribution in [3.63, 3.8) is 0 Å². The maximum absolute atomic E-state index is 12.8. The summed E-state index contributed by atoms with van der Waals surface area (Å²) < 4.78 is 38.4. The summed E-state index contributed by atoms with van der Waals surface area (Å²) >= 11 is 0. The topological polar surface area (TPSA) is 79.3 Å². The Morgan fingerprint density at radius 2 is 1.47 bits per heavy atom. The zero-order chi connectivity index (χ0) is 24.3. The molecule has 172 valence electrons.